The summed E-state index contributed by atoms with van der Waals surface area (Å²) in [5.41, 5.74) is 5.28. The molecule has 1 heterocycles. The third kappa shape index (κ3) is 3.22. The van der Waals surface area contributed by atoms with E-state index in [1.807, 2.05) is 25.7 Å². The number of rotatable bonds is 1. The topological polar surface area (TPSA) is 62.3 Å². The van der Waals surface area contributed by atoms with Crippen molar-refractivity contribution < 1.29 is 4.74 Å². The lowest BCUT2D eigenvalue weighted by Crippen LogP contribution is -2.36. The summed E-state index contributed by atoms with van der Waals surface area (Å²) in [6.07, 6.45) is 1.19. The van der Waals surface area contributed by atoms with Gasteiger partial charge < -0.3 is 15.4 Å². The minimum Gasteiger partial charge on any atom is -0.371 e. The van der Waals surface area contributed by atoms with Gasteiger partial charge in [0.05, 0.1) is 11.7 Å². The maximum atomic E-state index is 7.26. The third-order valence-electron chi connectivity index (χ3n) is 2.01. The maximum Gasteiger partial charge on any atom is 0.188 e. The predicted molar refractivity (Wildman–Crippen MR) is 52.7 cm³/mol. The van der Waals surface area contributed by atoms with Gasteiger partial charge in [0.15, 0.2) is 5.96 Å². The molecule has 0 radical (unpaired) electrons. The Morgan fingerprint density at radius 3 is 2.54 bits per heavy atom. The molecule has 0 spiro atoms. The molecule has 0 aliphatic carbocycles. The number of ether oxygens (including phenoxy) is 1. The Kier molecular flexibility index (Phi) is 2.81. The first-order valence-electron chi connectivity index (χ1n) is 4.65. The summed E-state index contributed by atoms with van der Waals surface area (Å²) in [6, 6.07) is 0. The first kappa shape index (κ1) is 10.3. The molecule has 4 heteroatoms. The van der Waals surface area contributed by atoms with Crippen LogP contribution in [0.2, 0.25) is 0 Å². The van der Waals surface area contributed by atoms with Gasteiger partial charge in [-0.1, -0.05) is 0 Å². The molecule has 1 saturated heterocycles. The summed E-state index contributed by atoms with van der Waals surface area (Å²) in [6.45, 7) is 7.74. The van der Waals surface area contributed by atoms with Gasteiger partial charge in [-0.3, -0.25) is 5.41 Å². The smallest absolute Gasteiger partial charge is 0.188 e. The predicted octanol–water partition coefficient (Wildman–Crippen LogP) is 0.769. The highest BCUT2D eigenvalue weighted by Gasteiger charge is 2.27. The number of guanidine groups is 1. The fourth-order valence-corrected chi connectivity index (χ4v) is 1.54. The Balaban J connectivity index is 2.38. The minimum atomic E-state index is -0.0997. The zero-order chi connectivity index (χ0) is 10.1. The van der Waals surface area contributed by atoms with Crippen molar-refractivity contribution in [3.8, 4) is 0 Å². The molecule has 0 aromatic heterocycles. The van der Waals surface area contributed by atoms with Crippen molar-refractivity contribution in [1.29, 1.82) is 5.41 Å². The van der Waals surface area contributed by atoms with Gasteiger partial charge in [-0.05, 0) is 27.2 Å². The molecule has 0 aromatic carbocycles. The van der Waals surface area contributed by atoms with Crippen molar-refractivity contribution in [2.45, 2.75) is 38.9 Å². The van der Waals surface area contributed by atoms with Crippen LogP contribution in [0.25, 0.3) is 0 Å². The summed E-state index contributed by atoms with van der Waals surface area (Å²) in [7, 11) is 0. The molecule has 76 valence electrons. The van der Waals surface area contributed by atoms with Gasteiger partial charge in [-0.2, -0.15) is 0 Å². The second-order valence-electron chi connectivity index (χ2n) is 4.47. The Morgan fingerprint density at radius 2 is 2.15 bits per heavy atom. The molecule has 0 bridgehead atoms. The third-order valence-corrected chi connectivity index (χ3v) is 2.01. The highest BCUT2D eigenvalue weighted by molar-refractivity contribution is 5.74. The summed E-state index contributed by atoms with van der Waals surface area (Å²) < 4.78 is 5.79. The van der Waals surface area contributed by atoms with Crippen molar-refractivity contribution >= 4 is 5.96 Å². The van der Waals surface area contributed by atoms with Gasteiger partial charge in [0.1, 0.15) is 0 Å². The van der Waals surface area contributed by atoms with Crippen LogP contribution < -0.4 is 5.73 Å². The van der Waals surface area contributed by atoms with E-state index in [-0.39, 0.29) is 17.7 Å². The van der Waals surface area contributed by atoms with Crippen molar-refractivity contribution in [1.82, 2.24) is 4.90 Å². The van der Waals surface area contributed by atoms with Crippen LogP contribution in [0, 0.1) is 5.41 Å². The van der Waals surface area contributed by atoms with Crippen LogP contribution in [0.15, 0.2) is 0 Å². The second-order valence-corrected chi connectivity index (χ2v) is 4.47. The van der Waals surface area contributed by atoms with Crippen LogP contribution in [0.3, 0.4) is 0 Å². The molecule has 0 unspecified atom stereocenters. The maximum absolute atomic E-state index is 7.26. The summed E-state index contributed by atoms with van der Waals surface area (Å²) in [5.74, 6) is 0.153. The summed E-state index contributed by atoms with van der Waals surface area (Å²) >= 11 is 0. The van der Waals surface area contributed by atoms with Crippen molar-refractivity contribution in [2.24, 2.45) is 5.73 Å². The summed E-state index contributed by atoms with van der Waals surface area (Å²) in [4.78, 5) is 1.84. The molecule has 1 aliphatic rings. The monoisotopic (exact) mass is 185 g/mol. The largest absolute Gasteiger partial charge is 0.371 e. The van der Waals surface area contributed by atoms with E-state index in [2.05, 4.69) is 0 Å². The van der Waals surface area contributed by atoms with Gasteiger partial charge in [-0.25, -0.2) is 0 Å². The van der Waals surface area contributed by atoms with Gasteiger partial charge in [0.2, 0.25) is 0 Å². The summed E-state index contributed by atoms with van der Waals surface area (Å²) in [5, 5.41) is 7.26. The van der Waals surface area contributed by atoms with Crippen LogP contribution in [-0.2, 0) is 4.74 Å². The molecule has 1 atom stereocenters. The number of hydrogen-bond donors (Lipinski definition) is 2. The Labute approximate surface area is 79.6 Å². The standard InChI is InChI=1S/C9H19N3O/c1-9(2,3)13-7-4-5-12(6-7)8(10)11/h7H,4-6H2,1-3H3,(H3,10,11)/t7-/m0/s1. The van der Waals surface area contributed by atoms with E-state index in [4.69, 9.17) is 15.9 Å². The van der Waals surface area contributed by atoms with E-state index in [1.54, 1.807) is 0 Å². The fraction of sp³-hybridized carbons (Fsp3) is 0.889. The number of hydrogen-bond acceptors (Lipinski definition) is 2. The van der Waals surface area contributed by atoms with E-state index >= 15 is 0 Å². The molecule has 3 N–H and O–H groups in total. The number of likely N-dealkylation sites (tertiary alicyclic amines) is 1. The highest BCUT2D eigenvalue weighted by atomic mass is 16.5. The molecule has 1 fully saturated rings. The number of nitrogens with one attached hydrogen (secondary N) is 1. The molecular weight excluding hydrogens is 166 g/mol. The molecule has 0 amide bonds. The van der Waals surface area contributed by atoms with E-state index in [9.17, 15) is 0 Å². The molecule has 0 saturated carbocycles. The Hall–Kier alpha value is -0.770. The van der Waals surface area contributed by atoms with Crippen molar-refractivity contribution in [2.75, 3.05) is 13.1 Å². The zero-order valence-electron chi connectivity index (χ0n) is 8.63. The molecule has 4 nitrogen and oxygen atoms in total. The van der Waals surface area contributed by atoms with Gasteiger partial charge in [-0.15, -0.1) is 0 Å². The van der Waals surface area contributed by atoms with E-state index in [0.29, 0.717) is 0 Å². The average molecular weight is 185 g/mol. The lowest BCUT2D eigenvalue weighted by atomic mass is 10.2. The van der Waals surface area contributed by atoms with Crippen LogP contribution in [0.5, 0.6) is 0 Å². The first-order chi connectivity index (χ1) is 5.88. The minimum absolute atomic E-state index is 0.0997. The van der Waals surface area contributed by atoms with E-state index < -0.39 is 0 Å². The fourth-order valence-electron chi connectivity index (χ4n) is 1.54. The van der Waals surface area contributed by atoms with Crippen LogP contribution >= 0.6 is 0 Å². The van der Waals surface area contributed by atoms with Gasteiger partial charge >= 0.3 is 0 Å². The van der Waals surface area contributed by atoms with Crippen molar-refractivity contribution in [3.63, 3.8) is 0 Å². The van der Waals surface area contributed by atoms with Crippen LogP contribution in [0.1, 0.15) is 27.2 Å². The lowest BCUT2D eigenvalue weighted by molar-refractivity contribution is -0.0522. The average Bonchev–Trinajstić information content (AvgIpc) is 2.31. The van der Waals surface area contributed by atoms with Crippen molar-refractivity contribution in [3.05, 3.63) is 0 Å². The Morgan fingerprint density at radius 1 is 1.54 bits per heavy atom. The zero-order valence-corrected chi connectivity index (χ0v) is 8.63. The van der Waals surface area contributed by atoms with E-state index in [1.165, 1.54) is 0 Å². The number of nitrogens with zero attached hydrogens (tertiary/aromatic N) is 1. The van der Waals surface area contributed by atoms with Gasteiger partial charge in [0, 0.05) is 13.1 Å². The molecule has 0 aromatic rings. The Bertz CT molecular complexity index is 198. The first-order valence-corrected chi connectivity index (χ1v) is 4.65. The van der Waals surface area contributed by atoms with Gasteiger partial charge in [0.25, 0.3) is 0 Å². The quantitative estimate of drug-likeness (QED) is 0.468. The van der Waals surface area contributed by atoms with Crippen LogP contribution in [0.4, 0.5) is 0 Å². The second kappa shape index (κ2) is 3.54. The highest BCUT2D eigenvalue weighted by Crippen LogP contribution is 2.18. The van der Waals surface area contributed by atoms with Crippen LogP contribution in [-0.4, -0.2) is 35.7 Å². The molecule has 1 rings (SSSR count). The normalized spacial score (nSPS) is 23.6. The molecule has 1 aliphatic heterocycles. The SMILES string of the molecule is CC(C)(C)O[C@H]1CCN(C(=N)N)C1. The number of nitrogens with two attached hydrogens (primary N) is 1. The molecular formula is C9H19N3O. The van der Waals surface area contributed by atoms with E-state index in [0.717, 1.165) is 19.5 Å². The molecule has 13 heavy (non-hydrogen) atoms. The lowest BCUT2D eigenvalue weighted by Gasteiger charge is -2.25.